The molecule has 4 nitrogen and oxygen atoms in total. The molecule has 0 bridgehead atoms. The molecule has 0 atom stereocenters. The third-order valence-corrected chi connectivity index (χ3v) is 3.73. The number of carbonyl (C=O) groups is 2. The van der Waals surface area contributed by atoms with Crippen LogP contribution in [0.15, 0.2) is 24.3 Å². The van der Waals surface area contributed by atoms with Crippen LogP contribution in [0.5, 0.6) is 0 Å². The Morgan fingerprint density at radius 3 is 2.29 bits per heavy atom. The van der Waals surface area contributed by atoms with Gasteiger partial charge in [-0.25, -0.2) is 13.6 Å². The summed E-state index contributed by atoms with van der Waals surface area (Å²) in [6.07, 6.45) is 0.629. The van der Waals surface area contributed by atoms with Gasteiger partial charge >= 0.3 is 5.97 Å². The Labute approximate surface area is 121 Å². The van der Waals surface area contributed by atoms with E-state index in [1.807, 2.05) is 0 Å². The predicted molar refractivity (Wildman–Crippen MR) is 73.6 cm³/mol. The van der Waals surface area contributed by atoms with Crippen LogP contribution >= 0.6 is 0 Å². The van der Waals surface area contributed by atoms with Crippen molar-refractivity contribution in [2.45, 2.75) is 38.0 Å². The molecule has 1 aromatic rings. The summed E-state index contributed by atoms with van der Waals surface area (Å²) in [7, 11) is 0. The first-order valence-corrected chi connectivity index (χ1v) is 6.87. The van der Waals surface area contributed by atoms with Crippen LogP contribution in [-0.2, 0) is 4.79 Å². The molecule has 1 amide bonds. The van der Waals surface area contributed by atoms with Gasteiger partial charge in [0.15, 0.2) is 0 Å². The quantitative estimate of drug-likeness (QED) is 0.893. The Morgan fingerprint density at radius 2 is 1.76 bits per heavy atom. The molecule has 21 heavy (non-hydrogen) atoms. The molecule has 114 valence electrons. The first-order valence-electron chi connectivity index (χ1n) is 6.87. The number of aromatic carboxylic acids is 1. The number of alkyl halides is 2. The molecule has 0 heterocycles. The van der Waals surface area contributed by atoms with Crippen LogP contribution in [0.1, 0.15) is 42.5 Å². The summed E-state index contributed by atoms with van der Waals surface area (Å²) < 4.78 is 26.0. The van der Waals surface area contributed by atoms with Gasteiger partial charge < -0.3 is 10.4 Å². The number of halogens is 2. The lowest BCUT2D eigenvalue weighted by Crippen LogP contribution is -2.27. The van der Waals surface area contributed by atoms with Gasteiger partial charge in [-0.05, 0) is 43.0 Å². The lowest BCUT2D eigenvalue weighted by Gasteiger charge is -2.27. The Morgan fingerprint density at radius 1 is 1.19 bits per heavy atom. The van der Waals surface area contributed by atoms with Crippen LogP contribution in [0.3, 0.4) is 0 Å². The first-order chi connectivity index (χ1) is 9.85. The number of hydrogen-bond donors (Lipinski definition) is 2. The minimum absolute atomic E-state index is 0.0112. The normalized spacial score (nSPS) is 18.2. The lowest BCUT2D eigenvalue weighted by molar-refractivity contribution is -0.118. The molecule has 0 aromatic heterocycles. The minimum Gasteiger partial charge on any atom is -0.478 e. The van der Waals surface area contributed by atoms with Gasteiger partial charge in [0.1, 0.15) is 0 Å². The highest BCUT2D eigenvalue weighted by Gasteiger charge is 2.35. The van der Waals surface area contributed by atoms with Gasteiger partial charge in [0.2, 0.25) is 11.8 Å². The van der Waals surface area contributed by atoms with Crippen molar-refractivity contribution in [3.63, 3.8) is 0 Å². The third-order valence-electron chi connectivity index (χ3n) is 3.73. The second-order valence-corrected chi connectivity index (χ2v) is 5.43. The topological polar surface area (TPSA) is 66.4 Å². The number of carbonyl (C=O) groups excluding carboxylic acids is 1. The molecule has 0 aliphatic heterocycles. The van der Waals surface area contributed by atoms with Gasteiger partial charge in [-0.2, -0.15) is 0 Å². The van der Waals surface area contributed by atoms with E-state index in [1.54, 1.807) is 0 Å². The smallest absolute Gasteiger partial charge is 0.335 e. The molecule has 1 aliphatic carbocycles. The van der Waals surface area contributed by atoms with Crippen molar-refractivity contribution in [3.05, 3.63) is 29.8 Å². The minimum atomic E-state index is -2.58. The number of carboxylic acids is 1. The van der Waals surface area contributed by atoms with E-state index in [-0.39, 0.29) is 36.7 Å². The van der Waals surface area contributed by atoms with Crippen molar-refractivity contribution in [3.8, 4) is 0 Å². The highest BCUT2D eigenvalue weighted by molar-refractivity contribution is 5.92. The van der Waals surface area contributed by atoms with Gasteiger partial charge in [-0.3, -0.25) is 4.79 Å². The van der Waals surface area contributed by atoms with Crippen molar-refractivity contribution >= 4 is 17.6 Å². The SMILES string of the molecule is O=C(CC1CCC(F)(F)CC1)Nc1ccc(C(=O)O)cc1. The summed E-state index contributed by atoms with van der Waals surface area (Å²) in [5, 5.41) is 11.4. The molecule has 1 aliphatic rings. The number of rotatable bonds is 4. The van der Waals surface area contributed by atoms with Crippen molar-refractivity contribution < 1.29 is 23.5 Å². The van der Waals surface area contributed by atoms with E-state index in [2.05, 4.69) is 5.32 Å². The van der Waals surface area contributed by atoms with Crippen LogP contribution < -0.4 is 5.32 Å². The Balaban J connectivity index is 1.83. The molecule has 1 aromatic carbocycles. The van der Waals surface area contributed by atoms with E-state index < -0.39 is 11.9 Å². The highest BCUT2D eigenvalue weighted by Crippen LogP contribution is 2.37. The fraction of sp³-hybridized carbons (Fsp3) is 0.467. The Hall–Kier alpha value is -1.98. The molecule has 2 rings (SSSR count). The molecular formula is C15H17F2NO3. The molecule has 2 N–H and O–H groups in total. The Kier molecular flexibility index (Phi) is 4.55. The van der Waals surface area contributed by atoms with Crippen molar-refractivity contribution in [2.75, 3.05) is 5.32 Å². The average Bonchev–Trinajstić information content (AvgIpc) is 2.42. The fourth-order valence-electron chi connectivity index (χ4n) is 2.47. The Bertz CT molecular complexity index is 518. The molecule has 1 saturated carbocycles. The van der Waals surface area contributed by atoms with Crippen LogP contribution in [-0.4, -0.2) is 22.9 Å². The van der Waals surface area contributed by atoms with Gasteiger partial charge in [-0.1, -0.05) is 0 Å². The monoisotopic (exact) mass is 297 g/mol. The molecule has 0 radical (unpaired) electrons. The van der Waals surface area contributed by atoms with E-state index in [4.69, 9.17) is 5.11 Å². The van der Waals surface area contributed by atoms with Gasteiger partial charge in [0.25, 0.3) is 0 Å². The first kappa shape index (κ1) is 15.4. The fourth-order valence-corrected chi connectivity index (χ4v) is 2.47. The van der Waals surface area contributed by atoms with Crippen molar-refractivity contribution in [2.24, 2.45) is 5.92 Å². The number of amides is 1. The molecule has 1 fully saturated rings. The van der Waals surface area contributed by atoms with Crippen LogP contribution in [0.2, 0.25) is 0 Å². The summed E-state index contributed by atoms with van der Waals surface area (Å²) in [4.78, 5) is 22.5. The lowest BCUT2D eigenvalue weighted by atomic mass is 9.84. The van der Waals surface area contributed by atoms with E-state index in [0.29, 0.717) is 18.5 Å². The molecule has 0 unspecified atom stereocenters. The molecule has 0 spiro atoms. The largest absolute Gasteiger partial charge is 0.478 e. The number of hydrogen-bond acceptors (Lipinski definition) is 2. The van der Waals surface area contributed by atoms with E-state index in [0.717, 1.165) is 0 Å². The zero-order chi connectivity index (χ0) is 15.5. The van der Waals surface area contributed by atoms with Gasteiger partial charge in [0, 0.05) is 24.9 Å². The van der Waals surface area contributed by atoms with Crippen molar-refractivity contribution in [1.82, 2.24) is 0 Å². The second-order valence-electron chi connectivity index (χ2n) is 5.43. The molecule has 0 saturated heterocycles. The van der Waals surface area contributed by atoms with Crippen molar-refractivity contribution in [1.29, 1.82) is 0 Å². The van der Waals surface area contributed by atoms with E-state index in [9.17, 15) is 18.4 Å². The standard InChI is InChI=1S/C15H17F2NO3/c16-15(17)7-5-10(6-8-15)9-13(19)18-12-3-1-11(2-4-12)14(20)21/h1-4,10H,5-9H2,(H,18,19)(H,20,21). The number of carboxylic acid groups (broad SMARTS) is 1. The summed E-state index contributed by atoms with van der Waals surface area (Å²) in [6, 6.07) is 5.82. The van der Waals surface area contributed by atoms with Crippen LogP contribution in [0.4, 0.5) is 14.5 Å². The summed E-state index contributed by atoms with van der Waals surface area (Å²) in [5.74, 6) is -3.85. The number of benzene rings is 1. The predicted octanol–water partition coefficient (Wildman–Crippen LogP) is 3.54. The molecular weight excluding hydrogens is 280 g/mol. The van der Waals surface area contributed by atoms with Crippen LogP contribution in [0, 0.1) is 5.92 Å². The number of nitrogens with one attached hydrogen (secondary N) is 1. The highest BCUT2D eigenvalue weighted by atomic mass is 19.3. The molecule has 6 heteroatoms. The summed E-state index contributed by atoms with van der Waals surface area (Å²) >= 11 is 0. The number of anilines is 1. The summed E-state index contributed by atoms with van der Waals surface area (Å²) in [5.41, 5.74) is 0.647. The maximum atomic E-state index is 13.0. The maximum absolute atomic E-state index is 13.0. The van der Waals surface area contributed by atoms with E-state index >= 15 is 0 Å². The zero-order valence-electron chi connectivity index (χ0n) is 11.4. The zero-order valence-corrected chi connectivity index (χ0v) is 11.4. The third kappa shape index (κ3) is 4.51. The van der Waals surface area contributed by atoms with Crippen LogP contribution in [0.25, 0.3) is 0 Å². The maximum Gasteiger partial charge on any atom is 0.335 e. The average molecular weight is 297 g/mol. The van der Waals surface area contributed by atoms with E-state index in [1.165, 1.54) is 24.3 Å². The van der Waals surface area contributed by atoms with Gasteiger partial charge in [-0.15, -0.1) is 0 Å². The van der Waals surface area contributed by atoms with Gasteiger partial charge in [0.05, 0.1) is 5.56 Å². The summed E-state index contributed by atoms with van der Waals surface area (Å²) in [6.45, 7) is 0. The second kappa shape index (κ2) is 6.20.